The Labute approximate surface area is 133 Å². The highest BCUT2D eigenvalue weighted by molar-refractivity contribution is 7.92. The van der Waals surface area contributed by atoms with Gasteiger partial charge in [-0.15, -0.1) is 0 Å². The molecule has 0 unspecified atom stereocenters. The maximum atomic E-state index is 12.4. The van der Waals surface area contributed by atoms with Crippen LogP contribution in [0, 0.1) is 0 Å². The lowest BCUT2D eigenvalue weighted by Gasteiger charge is -2.11. The molecule has 0 radical (unpaired) electrons. The van der Waals surface area contributed by atoms with Gasteiger partial charge in [0.25, 0.3) is 10.0 Å². The summed E-state index contributed by atoms with van der Waals surface area (Å²) in [6, 6.07) is 14.6. The molecule has 118 valence electrons. The minimum Gasteiger partial charge on any atom is -0.280 e. The topological polar surface area (TPSA) is 46.2 Å². The van der Waals surface area contributed by atoms with E-state index in [1.165, 1.54) is 5.56 Å². The molecule has 2 aromatic rings. The van der Waals surface area contributed by atoms with E-state index in [0.29, 0.717) is 16.5 Å². The summed E-state index contributed by atoms with van der Waals surface area (Å²) in [6.45, 7) is 6.33. The fourth-order valence-electron chi connectivity index (χ4n) is 2.23. The fraction of sp³-hybridized carbons (Fsp3) is 0.333. The van der Waals surface area contributed by atoms with Crippen LogP contribution < -0.4 is 4.72 Å². The monoisotopic (exact) mass is 317 g/mol. The number of hydrogen-bond acceptors (Lipinski definition) is 2. The first-order valence-corrected chi connectivity index (χ1v) is 9.16. The second kappa shape index (κ2) is 6.97. The van der Waals surface area contributed by atoms with Crippen molar-refractivity contribution in [2.24, 2.45) is 0 Å². The molecule has 3 nitrogen and oxygen atoms in total. The normalized spacial score (nSPS) is 12.9. The van der Waals surface area contributed by atoms with Gasteiger partial charge in [-0.25, -0.2) is 8.42 Å². The van der Waals surface area contributed by atoms with Gasteiger partial charge in [0, 0.05) is 5.69 Å². The Hall–Kier alpha value is -1.81. The van der Waals surface area contributed by atoms with Gasteiger partial charge in [0.15, 0.2) is 0 Å². The first kappa shape index (κ1) is 16.6. The molecule has 0 spiro atoms. The lowest BCUT2D eigenvalue weighted by Crippen LogP contribution is -2.13. The van der Waals surface area contributed by atoms with Crippen molar-refractivity contribution in [2.75, 3.05) is 4.72 Å². The predicted molar refractivity (Wildman–Crippen MR) is 91.8 cm³/mol. The lowest BCUT2D eigenvalue weighted by atomic mass is 9.99. The Balaban J connectivity index is 2.18. The summed E-state index contributed by atoms with van der Waals surface area (Å²) in [5.74, 6) is 0.436. The molecule has 0 saturated carbocycles. The molecule has 0 amide bonds. The molecule has 2 rings (SSSR count). The van der Waals surface area contributed by atoms with E-state index in [1.807, 2.05) is 24.3 Å². The average molecular weight is 317 g/mol. The zero-order chi connectivity index (χ0) is 16.2. The molecule has 2 aromatic carbocycles. The van der Waals surface area contributed by atoms with Crippen LogP contribution in [0.2, 0.25) is 0 Å². The minimum absolute atomic E-state index is 0.291. The molecule has 0 heterocycles. The van der Waals surface area contributed by atoms with Gasteiger partial charge < -0.3 is 0 Å². The van der Waals surface area contributed by atoms with Crippen molar-refractivity contribution in [1.29, 1.82) is 0 Å². The molecule has 0 aliphatic heterocycles. The van der Waals surface area contributed by atoms with Crippen molar-refractivity contribution in [3.63, 3.8) is 0 Å². The van der Waals surface area contributed by atoms with E-state index in [-0.39, 0.29) is 0 Å². The van der Waals surface area contributed by atoms with E-state index in [0.717, 1.165) is 18.4 Å². The van der Waals surface area contributed by atoms with Crippen LogP contribution in [0.25, 0.3) is 0 Å². The first-order chi connectivity index (χ1) is 10.5. The summed E-state index contributed by atoms with van der Waals surface area (Å²) in [5, 5.41) is 0. The Morgan fingerprint density at radius 1 is 0.955 bits per heavy atom. The largest absolute Gasteiger partial charge is 0.280 e. The summed E-state index contributed by atoms with van der Waals surface area (Å²) < 4.78 is 27.4. The molecular weight excluding hydrogens is 294 g/mol. The molecular formula is C18H23NO2S. The highest BCUT2D eigenvalue weighted by atomic mass is 32.2. The third-order valence-electron chi connectivity index (χ3n) is 3.99. The summed E-state index contributed by atoms with van der Waals surface area (Å²) in [5.41, 5.74) is 2.93. The second-order valence-corrected chi connectivity index (χ2v) is 7.22. The molecule has 4 heteroatoms. The maximum Gasteiger partial charge on any atom is 0.261 e. The van der Waals surface area contributed by atoms with Crippen LogP contribution >= 0.6 is 0 Å². The van der Waals surface area contributed by atoms with Crippen molar-refractivity contribution >= 4 is 15.7 Å². The predicted octanol–water partition coefficient (Wildman–Crippen LogP) is 4.56. The summed E-state index contributed by atoms with van der Waals surface area (Å²) in [7, 11) is -3.53. The van der Waals surface area contributed by atoms with E-state index in [2.05, 4.69) is 25.5 Å². The highest BCUT2D eigenvalue weighted by Gasteiger charge is 2.14. The van der Waals surface area contributed by atoms with Crippen LogP contribution in [0.1, 0.15) is 44.2 Å². The zero-order valence-corrected chi connectivity index (χ0v) is 14.2. The molecule has 0 bridgehead atoms. The van der Waals surface area contributed by atoms with Crippen LogP contribution in [0.15, 0.2) is 53.4 Å². The van der Waals surface area contributed by atoms with E-state index in [4.69, 9.17) is 0 Å². The van der Waals surface area contributed by atoms with Gasteiger partial charge in [0.1, 0.15) is 0 Å². The SMILES string of the molecule is CCc1ccc(NS(=O)(=O)c2ccc([C@H](C)CC)cc2)cc1. The van der Waals surface area contributed by atoms with E-state index in [1.54, 1.807) is 24.3 Å². The van der Waals surface area contributed by atoms with E-state index in [9.17, 15) is 8.42 Å². The number of aryl methyl sites for hydroxylation is 1. The van der Waals surface area contributed by atoms with Crippen LogP contribution in [-0.4, -0.2) is 8.42 Å². The maximum absolute atomic E-state index is 12.4. The first-order valence-electron chi connectivity index (χ1n) is 7.68. The number of nitrogens with one attached hydrogen (secondary N) is 1. The van der Waals surface area contributed by atoms with Crippen LogP contribution in [0.3, 0.4) is 0 Å². The molecule has 0 aliphatic carbocycles. The van der Waals surface area contributed by atoms with Crippen molar-refractivity contribution < 1.29 is 8.42 Å². The van der Waals surface area contributed by atoms with Crippen LogP contribution in [0.4, 0.5) is 5.69 Å². The van der Waals surface area contributed by atoms with Gasteiger partial charge in [-0.2, -0.15) is 0 Å². The number of anilines is 1. The number of hydrogen-bond donors (Lipinski definition) is 1. The number of benzene rings is 2. The Morgan fingerprint density at radius 3 is 2.05 bits per heavy atom. The number of sulfonamides is 1. The molecule has 1 atom stereocenters. The van der Waals surface area contributed by atoms with Crippen molar-refractivity contribution in [3.8, 4) is 0 Å². The molecule has 0 saturated heterocycles. The molecule has 0 fully saturated rings. The van der Waals surface area contributed by atoms with Gasteiger partial charge in [-0.3, -0.25) is 4.72 Å². The molecule has 22 heavy (non-hydrogen) atoms. The second-order valence-electron chi connectivity index (χ2n) is 5.53. The zero-order valence-electron chi connectivity index (χ0n) is 13.3. The quantitative estimate of drug-likeness (QED) is 0.848. The van der Waals surface area contributed by atoms with Crippen molar-refractivity contribution in [1.82, 2.24) is 0 Å². The summed E-state index contributed by atoms with van der Waals surface area (Å²) >= 11 is 0. The molecule has 0 aliphatic rings. The van der Waals surface area contributed by atoms with Crippen molar-refractivity contribution in [2.45, 2.75) is 44.4 Å². The van der Waals surface area contributed by atoms with Gasteiger partial charge in [0.2, 0.25) is 0 Å². The van der Waals surface area contributed by atoms with Gasteiger partial charge >= 0.3 is 0 Å². The lowest BCUT2D eigenvalue weighted by molar-refractivity contribution is 0.601. The molecule has 0 aromatic heterocycles. The third-order valence-corrected chi connectivity index (χ3v) is 5.38. The number of rotatable bonds is 6. The third kappa shape index (κ3) is 3.89. The van der Waals surface area contributed by atoms with E-state index < -0.39 is 10.0 Å². The van der Waals surface area contributed by atoms with Gasteiger partial charge in [-0.05, 0) is 54.2 Å². The smallest absolute Gasteiger partial charge is 0.261 e. The molecule has 1 N–H and O–H groups in total. The van der Waals surface area contributed by atoms with E-state index >= 15 is 0 Å². The van der Waals surface area contributed by atoms with Gasteiger partial charge in [-0.1, -0.05) is 45.0 Å². The summed E-state index contributed by atoms with van der Waals surface area (Å²) in [6.07, 6.45) is 1.97. The van der Waals surface area contributed by atoms with Crippen molar-refractivity contribution in [3.05, 3.63) is 59.7 Å². The fourth-order valence-corrected chi connectivity index (χ4v) is 3.29. The minimum atomic E-state index is -3.53. The standard InChI is InChI=1S/C18H23NO2S/c1-4-14(3)16-8-12-18(13-9-16)22(20,21)19-17-10-6-15(5-2)7-11-17/h6-14,19H,4-5H2,1-3H3/t14-/m1/s1. The Kier molecular flexibility index (Phi) is 5.24. The van der Waals surface area contributed by atoms with Gasteiger partial charge in [0.05, 0.1) is 4.90 Å². The highest BCUT2D eigenvalue weighted by Crippen LogP contribution is 2.22. The Bertz CT molecular complexity index is 704. The summed E-state index contributed by atoms with van der Waals surface area (Å²) in [4.78, 5) is 0.291. The van der Waals surface area contributed by atoms with Crippen LogP contribution in [-0.2, 0) is 16.4 Å². The average Bonchev–Trinajstić information content (AvgIpc) is 2.54. The Morgan fingerprint density at radius 2 is 1.55 bits per heavy atom. The van der Waals surface area contributed by atoms with Crippen LogP contribution in [0.5, 0.6) is 0 Å².